The van der Waals surface area contributed by atoms with Gasteiger partial charge < -0.3 is 0 Å². The van der Waals surface area contributed by atoms with Crippen LogP contribution in [0.1, 0.15) is 54.4 Å². The topological polar surface area (TPSA) is 0 Å². The summed E-state index contributed by atoms with van der Waals surface area (Å²) >= 11 is 4.40. The second-order valence-corrected chi connectivity index (χ2v) is 10.0. The maximum Gasteiger partial charge on any atom is 0.0502 e. The summed E-state index contributed by atoms with van der Waals surface area (Å²) in [7, 11) is 0. The highest BCUT2D eigenvalue weighted by Crippen LogP contribution is 2.43. The Morgan fingerprint density at radius 1 is 0.938 bits per heavy atom. The lowest BCUT2D eigenvalue weighted by atomic mass is 9.83. The van der Waals surface area contributed by atoms with Crippen molar-refractivity contribution < 1.29 is 0 Å². The highest BCUT2D eigenvalue weighted by atomic mass is 32.2. The zero-order valence-corrected chi connectivity index (χ0v) is 13.4. The van der Waals surface area contributed by atoms with Gasteiger partial charge in [0.15, 0.2) is 0 Å². The summed E-state index contributed by atoms with van der Waals surface area (Å²) in [5.41, 5.74) is 0.997. The zero-order chi connectivity index (χ0) is 12.4. The van der Waals surface area contributed by atoms with Crippen LogP contribution in [0, 0.1) is 16.7 Å². The Balaban J connectivity index is 2.28. The monoisotopic (exact) mass is 260 g/mol. The lowest BCUT2D eigenvalue weighted by molar-refractivity contribution is 0.292. The summed E-state index contributed by atoms with van der Waals surface area (Å²) < 4.78 is 0.859. The van der Waals surface area contributed by atoms with Gasteiger partial charge >= 0.3 is 0 Å². The molecule has 2 heteroatoms. The zero-order valence-electron chi connectivity index (χ0n) is 11.8. The molecule has 0 aromatic heterocycles. The van der Waals surface area contributed by atoms with Crippen LogP contribution < -0.4 is 0 Å². The number of thioether (sulfide) groups is 2. The molecule has 1 saturated heterocycles. The largest absolute Gasteiger partial charge is 0.147 e. The molecule has 0 atom stereocenters. The summed E-state index contributed by atoms with van der Waals surface area (Å²) in [5.74, 6) is 3.63. The predicted molar refractivity (Wildman–Crippen MR) is 80.3 cm³/mol. The Bertz CT molecular complexity index is 202. The molecule has 0 spiro atoms. The molecule has 1 aliphatic heterocycles. The second kappa shape index (κ2) is 5.56. The van der Waals surface area contributed by atoms with Gasteiger partial charge in [-0.3, -0.25) is 0 Å². The predicted octanol–water partition coefficient (Wildman–Crippen LogP) is 5.28. The molecular formula is C14H28S2. The molecule has 0 unspecified atom stereocenters. The van der Waals surface area contributed by atoms with E-state index < -0.39 is 0 Å². The van der Waals surface area contributed by atoms with Crippen molar-refractivity contribution in [2.24, 2.45) is 16.7 Å². The third-order valence-corrected chi connectivity index (χ3v) is 6.54. The highest BCUT2D eigenvalue weighted by molar-refractivity contribution is 8.17. The van der Waals surface area contributed by atoms with Gasteiger partial charge in [0.25, 0.3) is 0 Å². The first-order valence-corrected chi connectivity index (χ1v) is 8.51. The standard InChI is InChI=1S/C14H28S2/c1-13(2,3)8-7-12-15-9-11(10-16-12)14(4,5)6/h11-12H,7-10H2,1-6H3/t11-,12-. The van der Waals surface area contributed by atoms with Crippen molar-refractivity contribution in [3.8, 4) is 0 Å². The molecule has 1 aliphatic rings. The third-order valence-electron chi connectivity index (χ3n) is 3.32. The summed E-state index contributed by atoms with van der Waals surface area (Å²) in [6.07, 6.45) is 2.74. The molecule has 0 saturated carbocycles. The average molecular weight is 261 g/mol. The normalized spacial score (nSPS) is 28.1. The molecule has 0 N–H and O–H groups in total. The van der Waals surface area contributed by atoms with Gasteiger partial charge in [-0.1, -0.05) is 41.5 Å². The highest BCUT2D eigenvalue weighted by Gasteiger charge is 2.30. The van der Waals surface area contributed by atoms with Crippen LogP contribution in [0.15, 0.2) is 0 Å². The summed E-state index contributed by atoms with van der Waals surface area (Å²) in [6.45, 7) is 14.2. The Kier molecular flexibility index (Phi) is 5.13. The van der Waals surface area contributed by atoms with E-state index in [1.165, 1.54) is 24.3 Å². The van der Waals surface area contributed by atoms with E-state index in [0.29, 0.717) is 10.8 Å². The molecule has 1 rings (SSSR count). The summed E-state index contributed by atoms with van der Waals surface area (Å²) in [6, 6.07) is 0. The van der Waals surface area contributed by atoms with Crippen LogP contribution in [-0.2, 0) is 0 Å². The average Bonchev–Trinajstić information content (AvgIpc) is 2.13. The maximum absolute atomic E-state index is 2.38. The summed E-state index contributed by atoms with van der Waals surface area (Å²) in [4.78, 5) is 0. The molecule has 0 bridgehead atoms. The summed E-state index contributed by atoms with van der Waals surface area (Å²) in [5, 5.41) is 0. The molecule has 16 heavy (non-hydrogen) atoms. The first kappa shape index (κ1) is 14.8. The van der Waals surface area contributed by atoms with E-state index in [1.54, 1.807) is 0 Å². The van der Waals surface area contributed by atoms with E-state index in [9.17, 15) is 0 Å². The molecule has 96 valence electrons. The van der Waals surface area contributed by atoms with E-state index in [1.807, 2.05) is 0 Å². The van der Waals surface area contributed by atoms with Crippen LogP contribution in [0.3, 0.4) is 0 Å². The minimum atomic E-state index is 0.495. The van der Waals surface area contributed by atoms with Crippen LogP contribution in [0.4, 0.5) is 0 Å². The second-order valence-electron chi connectivity index (χ2n) is 7.26. The van der Waals surface area contributed by atoms with E-state index in [2.05, 4.69) is 65.1 Å². The fraction of sp³-hybridized carbons (Fsp3) is 1.00. The fourth-order valence-electron chi connectivity index (χ4n) is 1.76. The molecule has 0 aliphatic carbocycles. The minimum Gasteiger partial charge on any atom is -0.147 e. The van der Waals surface area contributed by atoms with E-state index >= 15 is 0 Å². The van der Waals surface area contributed by atoms with Gasteiger partial charge in [0.05, 0.1) is 4.58 Å². The molecular weight excluding hydrogens is 232 g/mol. The Hall–Kier alpha value is 0.700. The molecule has 0 aromatic carbocycles. The fourth-order valence-corrected chi connectivity index (χ4v) is 5.46. The Morgan fingerprint density at radius 3 is 1.81 bits per heavy atom. The lowest BCUT2D eigenvalue weighted by Crippen LogP contribution is -2.29. The molecule has 1 fully saturated rings. The molecule has 0 nitrogen and oxygen atoms in total. The Morgan fingerprint density at radius 2 is 1.44 bits per heavy atom. The van der Waals surface area contributed by atoms with Gasteiger partial charge in [-0.2, -0.15) is 0 Å². The van der Waals surface area contributed by atoms with Crippen LogP contribution in [0.5, 0.6) is 0 Å². The van der Waals surface area contributed by atoms with E-state index in [0.717, 1.165) is 10.5 Å². The molecule has 1 heterocycles. The van der Waals surface area contributed by atoms with Crippen LogP contribution >= 0.6 is 23.5 Å². The third kappa shape index (κ3) is 5.35. The molecule has 0 amide bonds. The van der Waals surface area contributed by atoms with Crippen molar-refractivity contribution in [2.75, 3.05) is 11.5 Å². The first-order chi connectivity index (χ1) is 7.18. The van der Waals surface area contributed by atoms with Gasteiger partial charge in [0.1, 0.15) is 0 Å². The van der Waals surface area contributed by atoms with Crippen molar-refractivity contribution in [1.82, 2.24) is 0 Å². The smallest absolute Gasteiger partial charge is 0.0502 e. The van der Waals surface area contributed by atoms with Gasteiger partial charge in [-0.25, -0.2) is 0 Å². The Labute approximate surface area is 111 Å². The SMILES string of the molecule is CC(C)(C)CC[C@H]1SC[C@H](C(C)(C)C)CS1. The lowest BCUT2D eigenvalue weighted by Gasteiger charge is -2.36. The van der Waals surface area contributed by atoms with Gasteiger partial charge in [0, 0.05) is 0 Å². The van der Waals surface area contributed by atoms with Crippen LogP contribution in [0.2, 0.25) is 0 Å². The quantitative estimate of drug-likeness (QED) is 0.662. The first-order valence-electron chi connectivity index (χ1n) is 6.42. The van der Waals surface area contributed by atoms with E-state index in [-0.39, 0.29) is 0 Å². The molecule has 0 aromatic rings. The van der Waals surface area contributed by atoms with Crippen molar-refractivity contribution in [2.45, 2.75) is 59.0 Å². The van der Waals surface area contributed by atoms with Crippen molar-refractivity contribution in [3.05, 3.63) is 0 Å². The van der Waals surface area contributed by atoms with Gasteiger partial charge in [0.2, 0.25) is 0 Å². The van der Waals surface area contributed by atoms with Crippen molar-refractivity contribution in [3.63, 3.8) is 0 Å². The van der Waals surface area contributed by atoms with Crippen LogP contribution in [0.25, 0.3) is 0 Å². The minimum absolute atomic E-state index is 0.495. The maximum atomic E-state index is 2.38. The van der Waals surface area contributed by atoms with Crippen molar-refractivity contribution >= 4 is 23.5 Å². The molecule has 0 radical (unpaired) electrons. The van der Waals surface area contributed by atoms with E-state index in [4.69, 9.17) is 0 Å². The number of rotatable bonds is 2. The van der Waals surface area contributed by atoms with Crippen LogP contribution in [-0.4, -0.2) is 16.1 Å². The van der Waals surface area contributed by atoms with Crippen molar-refractivity contribution in [1.29, 1.82) is 0 Å². The number of hydrogen-bond donors (Lipinski definition) is 0. The van der Waals surface area contributed by atoms with Gasteiger partial charge in [-0.15, -0.1) is 23.5 Å². The van der Waals surface area contributed by atoms with Gasteiger partial charge in [-0.05, 0) is 41.1 Å². The number of hydrogen-bond acceptors (Lipinski definition) is 2.